The SMILES string of the molecule is Cc1cc(-c2ccccc2)ccc1NC(=O)NCCCOc1ccncc1. The molecule has 3 aromatic rings. The molecule has 1 aromatic heterocycles. The minimum Gasteiger partial charge on any atom is -0.493 e. The van der Waals surface area contributed by atoms with Crippen LogP contribution in [-0.2, 0) is 0 Å². The maximum absolute atomic E-state index is 12.1. The van der Waals surface area contributed by atoms with Crippen molar-refractivity contribution in [2.75, 3.05) is 18.5 Å². The van der Waals surface area contributed by atoms with Crippen molar-refractivity contribution in [2.24, 2.45) is 0 Å². The molecule has 0 fully saturated rings. The van der Waals surface area contributed by atoms with Crippen LogP contribution in [0.1, 0.15) is 12.0 Å². The van der Waals surface area contributed by atoms with E-state index in [9.17, 15) is 4.79 Å². The van der Waals surface area contributed by atoms with Gasteiger partial charge in [0.25, 0.3) is 0 Å². The van der Waals surface area contributed by atoms with E-state index >= 15 is 0 Å². The Bertz CT molecular complexity index is 867. The van der Waals surface area contributed by atoms with Crippen LogP contribution in [0.2, 0.25) is 0 Å². The Hall–Kier alpha value is -3.34. The summed E-state index contributed by atoms with van der Waals surface area (Å²) in [5.74, 6) is 0.781. The molecule has 0 atom stereocenters. The quantitative estimate of drug-likeness (QED) is 0.602. The number of amides is 2. The largest absolute Gasteiger partial charge is 0.493 e. The first-order chi connectivity index (χ1) is 13.2. The topological polar surface area (TPSA) is 63.2 Å². The van der Waals surface area contributed by atoms with Crippen LogP contribution in [0.15, 0.2) is 73.1 Å². The van der Waals surface area contributed by atoms with Gasteiger partial charge in [0.15, 0.2) is 0 Å². The van der Waals surface area contributed by atoms with Crippen LogP contribution in [0.5, 0.6) is 5.75 Å². The van der Waals surface area contributed by atoms with Crippen molar-refractivity contribution in [1.29, 1.82) is 0 Å². The number of carbonyl (C=O) groups excluding carboxylic acids is 1. The Labute approximate surface area is 159 Å². The molecule has 2 N–H and O–H groups in total. The first-order valence-electron chi connectivity index (χ1n) is 8.96. The van der Waals surface area contributed by atoms with Gasteiger partial charge in [0.1, 0.15) is 5.75 Å². The minimum atomic E-state index is -0.213. The van der Waals surface area contributed by atoms with Crippen molar-refractivity contribution in [3.63, 3.8) is 0 Å². The summed E-state index contributed by atoms with van der Waals surface area (Å²) in [4.78, 5) is 16.0. The third-order valence-corrected chi connectivity index (χ3v) is 4.11. The maximum atomic E-state index is 12.1. The molecule has 2 amide bonds. The Kier molecular flexibility index (Phi) is 6.41. The Balaban J connectivity index is 1.44. The Morgan fingerprint density at radius 1 is 1.00 bits per heavy atom. The number of anilines is 1. The molecule has 0 aliphatic rings. The molecule has 5 nitrogen and oxygen atoms in total. The highest BCUT2D eigenvalue weighted by molar-refractivity contribution is 5.90. The molecule has 0 bridgehead atoms. The van der Waals surface area contributed by atoms with Gasteiger partial charge in [0.2, 0.25) is 0 Å². The van der Waals surface area contributed by atoms with E-state index in [1.54, 1.807) is 12.4 Å². The summed E-state index contributed by atoms with van der Waals surface area (Å²) in [6.45, 7) is 3.07. The molecule has 5 heteroatoms. The number of carbonyl (C=O) groups is 1. The lowest BCUT2D eigenvalue weighted by molar-refractivity contribution is 0.250. The third kappa shape index (κ3) is 5.57. The molecule has 0 spiro atoms. The molecule has 0 aliphatic heterocycles. The second-order valence-corrected chi connectivity index (χ2v) is 6.16. The van der Waals surface area contributed by atoms with E-state index in [4.69, 9.17) is 4.74 Å². The number of pyridine rings is 1. The molecule has 3 rings (SSSR count). The normalized spacial score (nSPS) is 10.3. The second kappa shape index (κ2) is 9.38. The molecule has 2 aromatic carbocycles. The minimum absolute atomic E-state index is 0.213. The fraction of sp³-hybridized carbons (Fsp3) is 0.182. The summed E-state index contributed by atoms with van der Waals surface area (Å²) < 4.78 is 5.57. The number of urea groups is 1. The molecule has 0 radical (unpaired) electrons. The van der Waals surface area contributed by atoms with E-state index in [1.165, 1.54) is 0 Å². The molecular formula is C22H23N3O2. The van der Waals surface area contributed by atoms with Crippen LogP contribution in [0.25, 0.3) is 11.1 Å². The molecule has 138 valence electrons. The summed E-state index contributed by atoms with van der Waals surface area (Å²) in [7, 11) is 0. The summed E-state index contributed by atoms with van der Waals surface area (Å²) >= 11 is 0. The molecule has 0 saturated carbocycles. The fourth-order valence-electron chi connectivity index (χ4n) is 2.68. The van der Waals surface area contributed by atoms with Crippen LogP contribution < -0.4 is 15.4 Å². The van der Waals surface area contributed by atoms with Gasteiger partial charge in [-0.3, -0.25) is 4.98 Å². The number of benzene rings is 2. The van der Waals surface area contributed by atoms with Crippen molar-refractivity contribution in [2.45, 2.75) is 13.3 Å². The predicted molar refractivity (Wildman–Crippen MR) is 108 cm³/mol. The first kappa shape index (κ1) is 18.5. The van der Waals surface area contributed by atoms with Crippen LogP contribution in [0, 0.1) is 6.92 Å². The molecule has 1 heterocycles. The zero-order valence-electron chi connectivity index (χ0n) is 15.3. The van der Waals surface area contributed by atoms with Crippen LogP contribution in [-0.4, -0.2) is 24.2 Å². The second-order valence-electron chi connectivity index (χ2n) is 6.16. The lowest BCUT2D eigenvalue weighted by Gasteiger charge is -2.12. The Morgan fingerprint density at radius 2 is 1.78 bits per heavy atom. The van der Waals surface area contributed by atoms with Gasteiger partial charge in [-0.1, -0.05) is 36.4 Å². The summed E-state index contributed by atoms with van der Waals surface area (Å²) in [5.41, 5.74) is 4.12. The highest BCUT2D eigenvalue weighted by Gasteiger charge is 2.06. The molecule has 0 unspecified atom stereocenters. The van der Waals surface area contributed by atoms with Crippen LogP contribution >= 0.6 is 0 Å². The number of ether oxygens (including phenoxy) is 1. The van der Waals surface area contributed by atoms with Gasteiger partial charge >= 0.3 is 6.03 Å². The number of nitrogens with one attached hydrogen (secondary N) is 2. The van der Waals surface area contributed by atoms with E-state index in [1.807, 2.05) is 49.4 Å². The van der Waals surface area contributed by atoms with Gasteiger partial charge in [-0.05, 0) is 54.3 Å². The molecule has 0 saturated heterocycles. The highest BCUT2D eigenvalue weighted by Crippen LogP contribution is 2.24. The number of hydrogen-bond acceptors (Lipinski definition) is 3. The van der Waals surface area contributed by atoms with Crippen molar-refractivity contribution in [3.8, 4) is 16.9 Å². The average Bonchev–Trinajstić information content (AvgIpc) is 2.71. The summed E-state index contributed by atoms with van der Waals surface area (Å²) in [6, 6.07) is 19.6. The zero-order valence-corrected chi connectivity index (χ0v) is 15.3. The van der Waals surface area contributed by atoms with E-state index < -0.39 is 0 Å². The van der Waals surface area contributed by atoms with E-state index in [2.05, 4.69) is 33.8 Å². The van der Waals surface area contributed by atoms with Crippen molar-refractivity contribution >= 4 is 11.7 Å². The molecule has 0 aliphatic carbocycles. The van der Waals surface area contributed by atoms with Gasteiger partial charge in [0, 0.05) is 24.6 Å². The van der Waals surface area contributed by atoms with Crippen molar-refractivity contribution in [1.82, 2.24) is 10.3 Å². The molecular weight excluding hydrogens is 338 g/mol. The first-order valence-corrected chi connectivity index (χ1v) is 8.96. The summed E-state index contributed by atoms with van der Waals surface area (Å²) in [6.07, 6.45) is 4.10. The number of aryl methyl sites for hydroxylation is 1. The zero-order chi connectivity index (χ0) is 18.9. The lowest BCUT2D eigenvalue weighted by atomic mass is 10.0. The van der Waals surface area contributed by atoms with Gasteiger partial charge in [-0.25, -0.2) is 4.79 Å². The Morgan fingerprint density at radius 3 is 2.52 bits per heavy atom. The lowest BCUT2D eigenvalue weighted by Crippen LogP contribution is -2.30. The van der Waals surface area contributed by atoms with E-state index in [0.717, 1.165) is 34.5 Å². The van der Waals surface area contributed by atoms with E-state index in [0.29, 0.717) is 13.2 Å². The van der Waals surface area contributed by atoms with Gasteiger partial charge in [0.05, 0.1) is 6.61 Å². The van der Waals surface area contributed by atoms with Crippen LogP contribution in [0.3, 0.4) is 0 Å². The van der Waals surface area contributed by atoms with Gasteiger partial charge < -0.3 is 15.4 Å². The summed E-state index contributed by atoms with van der Waals surface area (Å²) in [5, 5.41) is 5.75. The van der Waals surface area contributed by atoms with Gasteiger partial charge in [-0.2, -0.15) is 0 Å². The number of rotatable bonds is 7. The van der Waals surface area contributed by atoms with Crippen molar-refractivity contribution in [3.05, 3.63) is 78.6 Å². The van der Waals surface area contributed by atoms with Gasteiger partial charge in [-0.15, -0.1) is 0 Å². The maximum Gasteiger partial charge on any atom is 0.319 e. The van der Waals surface area contributed by atoms with Crippen LogP contribution in [0.4, 0.5) is 10.5 Å². The fourth-order valence-corrected chi connectivity index (χ4v) is 2.68. The monoisotopic (exact) mass is 361 g/mol. The average molecular weight is 361 g/mol. The molecule has 27 heavy (non-hydrogen) atoms. The number of nitrogens with zero attached hydrogens (tertiary/aromatic N) is 1. The third-order valence-electron chi connectivity index (χ3n) is 4.11. The highest BCUT2D eigenvalue weighted by atomic mass is 16.5. The van der Waals surface area contributed by atoms with E-state index in [-0.39, 0.29) is 6.03 Å². The number of aromatic nitrogens is 1. The smallest absolute Gasteiger partial charge is 0.319 e. The number of hydrogen-bond donors (Lipinski definition) is 2. The standard InChI is InChI=1S/C22H23N3O2/c1-17-16-19(18-6-3-2-4-7-18)8-9-21(17)25-22(26)24-12-5-15-27-20-10-13-23-14-11-20/h2-4,6-11,13-14,16H,5,12,15H2,1H3,(H2,24,25,26). The van der Waals surface area contributed by atoms with Crippen molar-refractivity contribution < 1.29 is 9.53 Å². The predicted octanol–water partition coefficient (Wildman–Crippen LogP) is 4.65.